The molecule has 0 saturated heterocycles. The number of rotatable bonds is 6. The normalized spacial score (nSPS) is 18.9. The number of aliphatic hydroxyl groups is 1. The lowest BCUT2D eigenvalue weighted by Crippen LogP contribution is -2.46. The molecule has 1 aromatic carbocycles. The maximum Gasteiger partial charge on any atom is 0.251 e. The van der Waals surface area contributed by atoms with E-state index >= 15 is 0 Å². The van der Waals surface area contributed by atoms with Crippen LogP contribution in [0, 0.1) is 11.6 Å². The van der Waals surface area contributed by atoms with Crippen molar-refractivity contribution in [1.82, 2.24) is 5.32 Å². The van der Waals surface area contributed by atoms with Crippen LogP contribution in [0.5, 0.6) is 0 Å². The van der Waals surface area contributed by atoms with E-state index in [1.54, 1.807) is 0 Å². The van der Waals surface area contributed by atoms with Crippen molar-refractivity contribution >= 4 is 5.91 Å². The van der Waals surface area contributed by atoms with E-state index in [0.29, 0.717) is 18.4 Å². The van der Waals surface area contributed by atoms with E-state index in [1.165, 1.54) is 19.1 Å². The number of halogens is 2. The number of hydrogen-bond acceptors (Lipinski definition) is 2. The lowest BCUT2D eigenvalue weighted by molar-refractivity contribution is -0.138. The molecule has 1 aromatic rings. The molecular formula is C16H21F2NO2. The van der Waals surface area contributed by atoms with Crippen molar-refractivity contribution in [2.75, 3.05) is 6.54 Å². The largest absolute Gasteiger partial charge is 0.380 e. The molecule has 0 aliphatic heterocycles. The molecule has 1 aliphatic rings. The van der Waals surface area contributed by atoms with E-state index in [0.717, 1.165) is 18.9 Å². The zero-order chi connectivity index (χ0) is 15.7. The van der Waals surface area contributed by atoms with Gasteiger partial charge in [0.2, 0.25) is 0 Å². The standard InChI is InChI=1S/C16H21F2NO2/c1-3-6-15(2,21)14(20)19-10-16(7-8-16)12-5-4-11(17)9-13(12)18/h4-5,9,21H,3,6-8,10H2,1-2H3,(H,19,20). The van der Waals surface area contributed by atoms with Gasteiger partial charge in [0.05, 0.1) is 0 Å². The number of hydrogen-bond donors (Lipinski definition) is 2. The number of carbonyl (C=O) groups is 1. The SMILES string of the molecule is CCCC(C)(O)C(=O)NCC1(c2ccc(F)cc2F)CC1. The van der Waals surface area contributed by atoms with Crippen molar-refractivity contribution in [2.24, 2.45) is 0 Å². The van der Waals surface area contributed by atoms with Crippen LogP contribution in [0.3, 0.4) is 0 Å². The molecule has 3 nitrogen and oxygen atoms in total. The first-order valence-corrected chi connectivity index (χ1v) is 7.27. The second-order valence-electron chi connectivity index (χ2n) is 6.11. The van der Waals surface area contributed by atoms with Gasteiger partial charge in [-0.2, -0.15) is 0 Å². The Bertz CT molecular complexity index is 539. The number of benzene rings is 1. The van der Waals surface area contributed by atoms with Crippen molar-refractivity contribution in [2.45, 2.75) is 50.5 Å². The van der Waals surface area contributed by atoms with Crippen LogP contribution in [0.1, 0.15) is 45.1 Å². The van der Waals surface area contributed by atoms with Crippen molar-refractivity contribution in [3.63, 3.8) is 0 Å². The molecule has 1 aliphatic carbocycles. The van der Waals surface area contributed by atoms with Gasteiger partial charge in [-0.15, -0.1) is 0 Å². The summed E-state index contributed by atoms with van der Waals surface area (Å²) in [6, 6.07) is 3.53. The van der Waals surface area contributed by atoms with Gasteiger partial charge in [0.1, 0.15) is 17.2 Å². The molecule has 116 valence electrons. The first-order chi connectivity index (χ1) is 9.81. The van der Waals surface area contributed by atoms with Crippen LogP contribution in [0.15, 0.2) is 18.2 Å². The molecule has 1 atom stereocenters. The van der Waals surface area contributed by atoms with E-state index in [2.05, 4.69) is 5.32 Å². The molecule has 21 heavy (non-hydrogen) atoms. The summed E-state index contributed by atoms with van der Waals surface area (Å²) in [5, 5.41) is 12.7. The fourth-order valence-electron chi connectivity index (χ4n) is 2.65. The van der Waals surface area contributed by atoms with Crippen molar-refractivity contribution in [3.8, 4) is 0 Å². The molecule has 0 spiro atoms. The highest BCUT2D eigenvalue weighted by molar-refractivity contribution is 5.84. The molecule has 0 heterocycles. The Morgan fingerprint density at radius 3 is 2.62 bits per heavy atom. The van der Waals surface area contributed by atoms with E-state index in [-0.39, 0.29) is 6.54 Å². The summed E-state index contributed by atoms with van der Waals surface area (Å²) < 4.78 is 26.8. The highest BCUT2D eigenvalue weighted by Gasteiger charge is 2.46. The zero-order valence-electron chi connectivity index (χ0n) is 12.4. The molecule has 1 amide bonds. The Balaban J connectivity index is 2.04. The van der Waals surface area contributed by atoms with Crippen molar-refractivity contribution in [3.05, 3.63) is 35.4 Å². The Kier molecular flexibility index (Phi) is 4.33. The third-order valence-corrected chi connectivity index (χ3v) is 4.17. The monoisotopic (exact) mass is 297 g/mol. The summed E-state index contributed by atoms with van der Waals surface area (Å²) in [6.07, 6.45) is 2.55. The second-order valence-corrected chi connectivity index (χ2v) is 6.11. The summed E-state index contributed by atoms with van der Waals surface area (Å²) in [6.45, 7) is 3.62. The molecule has 0 aromatic heterocycles. The Morgan fingerprint density at radius 2 is 2.10 bits per heavy atom. The van der Waals surface area contributed by atoms with Crippen molar-refractivity contribution < 1.29 is 18.7 Å². The van der Waals surface area contributed by atoms with Gasteiger partial charge in [0.15, 0.2) is 0 Å². The third-order valence-electron chi connectivity index (χ3n) is 4.17. The maximum absolute atomic E-state index is 13.9. The Morgan fingerprint density at radius 1 is 1.43 bits per heavy atom. The quantitative estimate of drug-likeness (QED) is 0.848. The molecular weight excluding hydrogens is 276 g/mol. The minimum Gasteiger partial charge on any atom is -0.380 e. The highest BCUT2D eigenvalue weighted by atomic mass is 19.1. The molecule has 0 bridgehead atoms. The predicted molar refractivity (Wildman–Crippen MR) is 75.8 cm³/mol. The maximum atomic E-state index is 13.9. The lowest BCUT2D eigenvalue weighted by Gasteiger charge is -2.24. The van der Waals surface area contributed by atoms with E-state index in [9.17, 15) is 18.7 Å². The van der Waals surface area contributed by atoms with Gasteiger partial charge >= 0.3 is 0 Å². The second kappa shape index (κ2) is 5.72. The number of amides is 1. The van der Waals surface area contributed by atoms with Crippen molar-refractivity contribution in [1.29, 1.82) is 0 Å². The molecule has 1 fully saturated rings. The first-order valence-electron chi connectivity index (χ1n) is 7.27. The molecule has 0 radical (unpaired) electrons. The average Bonchev–Trinajstić information content (AvgIpc) is 3.16. The minimum atomic E-state index is -1.41. The first kappa shape index (κ1) is 15.9. The fourth-order valence-corrected chi connectivity index (χ4v) is 2.65. The third kappa shape index (κ3) is 3.40. The summed E-state index contributed by atoms with van der Waals surface area (Å²) in [7, 11) is 0. The van der Waals surface area contributed by atoms with Crippen LogP contribution in [-0.4, -0.2) is 23.2 Å². The van der Waals surface area contributed by atoms with Gasteiger partial charge in [0.25, 0.3) is 5.91 Å². The van der Waals surface area contributed by atoms with Crippen LogP contribution >= 0.6 is 0 Å². The van der Waals surface area contributed by atoms with Gasteiger partial charge in [-0.05, 0) is 37.8 Å². The zero-order valence-corrected chi connectivity index (χ0v) is 12.4. The van der Waals surface area contributed by atoms with E-state index in [4.69, 9.17) is 0 Å². The Labute approximate surface area is 123 Å². The topological polar surface area (TPSA) is 49.3 Å². The minimum absolute atomic E-state index is 0.258. The molecule has 5 heteroatoms. The Hall–Kier alpha value is -1.49. The van der Waals surface area contributed by atoms with Crippen LogP contribution in [0.2, 0.25) is 0 Å². The predicted octanol–water partition coefficient (Wildman–Crippen LogP) is 2.66. The summed E-state index contributed by atoms with van der Waals surface area (Å²) >= 11 is 0. The van der Waals surface area contributed by atoms with Crippen LogP contribution in [-0.2, 0) is 10.2 Å². The van der Waals surface area contributed by atoms with Crippen LogP contribution < -0.4 is 5.32 Å². The van der Waals surface area contributed by atoms with Gasteiger partial charge in [0, 0.05) is 18.0 Å². The summed E-state index contributed by atoms with van der Waals surface area (Å²) in [5.74, 6) is -1.64. The van der Waals surface area contributed by atoms with Crippen LogP contribution in [0.25, 0.3) is 0 Å². The smallest absolute Gasteiger partial charge is 0.251 e. The van der Waals surface area contributed by atoms with Gasteiger partial charge < -0.3 is 10.4 Å². The van der Waals surface area contributed by atoms with Gasteiger partial charge in [-0.25, -0.2) is 8.78 Å². The number of carbonyl (C=O) groups excluding carboxylic acids is 1. The van der Waals surface area contributed by atoms with Gasteiger partial charge in [-0.1, -0.05) is 19.4 Å². The lowest BCUT2D eigenvalue weighted by atomic mass is 9.94. The molecule has 1 unspecified atom stereocenters. The molecule has 2 N–H and O–H groups in total. The number of nitrogens with one attached hydrogen (secondary N) is 1. The van der Waals surface area contributed by atoms with Crippen LogP contribution in [0.4, 0.5) is 8.78 Å². The van der Waals surface area contributed by atoms with E-state index in [1.807, 2.05) is 6.92 Å². The summed E-state index contributed by atoms with van der Waals surface area (Å²) in [4.78, 5) is 12.0. The average molecular weight is 297 g/mol. The van der Waals surface area contributed by atoms with E-state index < -0.39 is 28.6 Å². The summed E-state index contributed by atoms with van der Waals surface area (Å²) in [5.41, 5.74) is -1.44. The molecule has 2 rings (SSSR count). The van der Waals surface area contributed by atoms with Gasteiger partial charge in [-0.3, -0.25) is 4.79 Å². The fraction of sp³-hybridized carbons (Fsp3) is 0.562. The molecule has 1 saturated carbocycles. The highest BCUT2D eigenvalue weighted by Crippen LogP contribution is 2.48.